The largest absolute Gasteiger partial charge is 0.457 e. The molecule has 0 unspecified atom stereocenters. The SMILES string of the molecule is C=C(Cc1nc(CCc2ccc(Cl)cc2)no1)C(=O)OC(C)(C)C. The summed E-state index contributed by atoms with van der Waals surface area (Å²) in [6, 6.07) is 7.63. The first-order valence-corrected chi connectivity index (χ1v) is 8.08. The molecule has 0 aliphatic rings. The molecule has 0 spiro atoms. The summed E-state index contributed by atoms with van der Waals surface area (Å²) in [6.45, 7) is 9.15. The van der Waals surface area contributed by atoms with Crippen molar-refractivity contribution in [3.8, 4) is 0 Å². The molecule has 128 valence electrons. The highest BCUT2D eigenvalue weighted by molar-refractivity contribution is 6.30. The van der Waals surface area contributed by atoms with Crippen LogP contribution in [0.15, 0.2) is 40.9 Å². The van der Waals surface area contributed by atoms with E-state index in [9.17, 15) is 4.79 Å². The van der Waals surface area contributed by atoms with Crippen molar-refractivity contribution >= 4 is 17.6 Å². The summed E-state index contributed by atoms with van der Waals surface area (Å²) in [4.78, 5) is 16.2. The first-order valence-electron chi connectivity index (χ1n) is 7.70. The first kappa shape index (κ1) is 18.2. The number of hydrogen-bond donors (Lipinski definition) is 0. The molecular formula is C18H21ClN2O3. The fourth-order valence-corrected chi connectivity index (χ4v) is 2.10. The fraction of sp³-hybridized carbons (Fsp3) is 0.389. The molecule has 0 aliphatic carbocycles. The zero-order valence-corrected chi connectivity index (χ0v) is 14.9. The molecule has 0 bridgehead atoms. The minimum absolute atomic E-state index is 0.183. The molecule has 0 saturated heterocycles. The van der Waals surface area contributed by atoms with Crippen molar-refractivity contribution in [2.75, 3.05) is 0 Å². The third-order valence-corrected chi connectivity index (χ3v) is 3.36. The minimum Gasteiger partial charge on any atom is -0.457 e. The van der Waals surface area contributed by atoms with Gasteiger partial charge in [-0.15, -0.1) is 0 Å². The molecule has 0 aliphatic heterocycles. The molecule has 5 nitrogen and oxygen atoms in total. The van der Waals surface area contributed by atoms with E-state index < -0.39 is 11.6 Å². The van der Waals surface area contributed by atoms with Crippen LogP contribution < -0.4 is 0 Å². The van der Waals surface area contributed by atoms with Gasteiger partial charge >= 0.3 is 5.97 Å². The number of halogens is 1. The molecule has 0 radical (unpaired) electrons. The van der Waals surface area contributed by atoms with Gasteiger partial charge in [0, 0.05) is 17.0 Å². The lowest BCUT2D eigenvalue weighted by molar-refractivity contribution is -0.150. The van der Waals surface area contributed by atoms with E-state index in [2.05, 4.69) is 16.7 Å². The average Bonchev–Trinajstić information content (AvgIpc) is 2.92. The van der Waals surface area contributed by atoms with Crippen LogP contribution in [-0.4, -0.2) is 21.7 Å². The second kappa shape index (κ2) is 7.62. The third kappa shape index (κ3) is 5.81. The quantitative estimate of drug-likeness (QED) is 0.584. The number of rotatable bonds is 6. The molecule has 0 amide bonds. The second-order valence-corrected chi connectivity index (χ2v) is 6.95. The Kier molecular flexibility index (Phi) is 5.78. The number of aromatic nitrogens is 2. The molecule has 2 aromatic rings. The maximum absolute atomic E-state index is 11.9. The van der Waals surface area contributed by atoms with E-state index in [1.807, 2.05) is 24.3 Å². The maximum Gasteiger partial charge on any atom is 0.334 e. The minimum atomic E-state index is -0.557. The monoisotopic (exact) mass is 348 g/mol. The third-order valence-electron chi connectivity index (χ3n) is 3.11. The number of esters is 1. The molecular weight excluding hydrogens is 328 g/mol. The van der Waals surface area contributed by atoms with E-state index in [-0.39, 0.29) is 12.0 Å². The fourth-order valence-electron chi connectivity index (χ4n) is 1.98. The Balaban J connectivity index is 1.87. The number of ether oxygens (including phenoxy) is 1. The van der Waals surface area contributed by atoms with Gasteiger partial charge in [0.25, 0.3) is 0 Å². The van der Waals surface area contributed by atoms with E-state index in [0.717, 1.165) is 12.0 Å². The normalized spacial score (nSPS) is 11.3. The van der Waals surface area contributed by atoms with Gasteiger partial charge in [-0.3, -0.25) is 0 Å². The molecule has 1 aromatic heterocycles. The van der Waals surface area contributed by atoms with Gasteiger partial charge in [0.2, 0.25) is 5.89 Å². The van der Waals surface area contributed by atoms with Gasteiger partial charge in [-0.2, -0.15) is 4.98 Å². The van der Waals surface area contributed by atoms with Crippen LogP contribution in [0, 0.1) is 0 Å². The van der Waals surface area contributed by atoms with Crippen LogP contribution in [0.3, 0.4) is 0 Å². The number of aryl methyl sites for hydroxylation is 2. The maximum atomic E-state index is 11.9. The van der Waals surface area contributed by atoms with Crippen LogP contribution in [-0.2, 0) is 28.8 Å². The van der Waals surface area contributed by atoms with Crippen LogP contribution >= 0.6 is 11.6 Å². The Hall–Kier alpha value is -2.14. The number of carbonyl (C=O) groups is 1. The number of nitrogens with zero attached hydrogens (tertiary/aromatic N) is 2. The summed E-state index contributed by atoms with van der Waals surface area (Å²) in [6.07, 6.45) is 1.61. The lowest BCUT2D eigenvalue weighted by atomic mass is 10.1. The predicted molar refractivity (Wildman–Crippen MR) is 91.8 cm³/mol. The molecule has 24 heavy (non-hydrogen) atoms. The van der Waals surface area contributed by atoms with Crippen LogP contribution in [0.1, 0.15) is 38.0 Å². The van der Waals surface area contributed by atoms with Crippen molar-refractivity contribution in [2.45, 2.75) is 45.6 Å². The highest BCUT2D eigenvalue weighted by atomic mass is 35.5. The average molecular weight is 349 g/mol. The van der Waals surface area contributed by atoms with Gasteiger partial charge in [-0.1, -0.05) is 35.5 Å². The Labute approximate surface area is 146 Å². The Morgan fingerprint density at radius 2 is 1.92 bits per heavy atom. The van der Waals surface area contributed by atoms with E-state index >= 15 is 0 Å². The Bertz CT molecular complexity index is 715. The Morgan fingerprint density at radius 1 is 1.25 bits per heavy atom. The molecule has 0 N–H and O–H groups in total. The van der Waals surface area contributed by atoms with Gasteiger partial charge in [-0.25, -0.2) is 4.79 Å². The van der Waals surface area contributed by atoms with E-state index in [1.165, 1.54) is 0 Å². The number of hydrogen-bond acceptors (Lipinski definition) is 5. The van der Waals surface area contributed by atoms with Crippen LogP contribution in [0.4, 0.5) is 0 Å². The van der Waals surface area contributed by atoms with Crippen molar-refractivity contribution < 1.29 is 14.1 Å². The summed E-state index contributed by atoms with van der Waals surface area (Å²) in [7, 11) is 0. The van der Waals surface area contributed by atoms with E-state index in [1.54, 1.807) is 20.8 Å². The van der Waals surface area contributed by atoms with Crippen molar-refractivity contribution in [1.82, 2.24) is 10.1 Å². The first-order chi connectivity index (χ1) is 11.2. The van der Waals surface area contributed by atoms with Gasteiger partial charge in [0.15, 0.2) is 5.82 Å². The molecule has 0 fully saturated rings. The lowest BCUT2D eigenvalue weighted by Crippen LogP contribution is -2.25. The standard InChI is InChI=1S/C18H21ClN2O3/c1-12(17(22)23-18(2,3)4)11-16-20-15(21-24-16)10-7-13-5-8-14(19)9-6-13/h5-6,8-9H,1,7,10-11H2,2-4H3. The van der Waals surface area contributed by atoms with Crippen molar-refractivity contribution in [3.05, 3.63) is 58.7 Å². The van der Waals surface area contributed by atoms with Gasteiger partial charge < -0.3 is 9.26 Å². The van der Waals surface area contributed by atoms with E-state index in [4.69, 9.17) is 20.9 Å². The van der Waals surface area contributed by atoms with Crippen molar-refractivity contribution in [3.63, 3.8) is 0 Å². The van der Waals surface area contributed by atoms with Crippen molar-refractivity contribution in [2.24, 2.45) is 0 Å². The predicted octanol–water partition coefficient (Wildman–Crippen LogP) is 3.95. The summed E-state index contributed by atoms with van der Waals surface area (Å²) in [5.74, 6) is 0.498. The molecule has 0 saturated carbocycles. The number of carbonyl (C=O) groups excluding carboxylic acids is 1. The van der Waals surface area contributed by atoms with Gasteiger partial charge in [0.05, 0.1) is 6.42 Å². The summed E-state index contributed by atoms with van der Waals surface area (Å²) in [5.41, 5.74) is 0.875. The highest BCUT2D eigenvalue weighted by Crippen LogP contribution is 2.14. The topological polar surface area (TPSA) is 65.2 Å². The lowest BCUT2D eigenvalue weighted by Gasteiger charge is -2.19. The zero-order chi connectivity index (χ0) is 17.7. The van der Waals surface area contributed by atoms with Crippen LogP contribution in [0.5, 0.6) is 0 Å². The molecule has 2 rings (SSSR count). The van der Waals surface area contributed by atoms with E-state index in [0.29, 0.717) is 23.2 Å². The van der Waals surface area contributed by atoms with Crippen LogP contribution in [0.25, 0.3) is 0 Å². The van der Waals surface area contributed by atoms with Crippen molar-refractivity contribution in [1.29, 1.82) is 0 Å². The molecule has 1 aromatic carbocycles. The molecule has 6 heteroatoms. The zero-order valence-electron chi connectivity index (χ0n) is 14.1. The molecule has 0 atom stereocenters. The highest BCUT2D eigenvalue weighted by Gasteiger charge is 2.20. The second-order valence-electron chi connectivity index (χ2n) is 6.51. The van der Waals surface area contributed by atoms with Gasteiger partial charge in [0.1, 0.15) is 5.60 Å². The number of benzene rings is 1. The van der Waals surface area contributed by atoms with Gasteiger partial charge in [-0.05, 0) is 44.9 Å². The molecule has 1 heterocycles. The summed E-state index contributed by atoms with van der Waals surface area (Å²) >= 11 is 5.86. The summed E-state index contributed by atoms with van der Waals surface area (Å²) in [5, 5.41) is 4.64. The Morgan fingerprint density at radius 3 is 2.54 bits per heavy atom. The van der Waals surface area contributed by atoms with Crippen LogP contribution in [0.2, 0.25) is 5.02 Å². The smallest absolute Gasteiger partial charge is 0.334 e. The summed E-state index contributed by atoms with van der Waals surface area (Å²) < 4.78 is 10.4.